The van der Waals surface area contributed by atoms with Gasteiger partial charge in [0.1, 0.15) is 6.21 Å². The first kappa shape index (κ1) is 16.9. The maximum Gasteiger partial charge on any atom is 0.265 e. The van der Waals surface area contributed by atoms with Crippen LogP contribution in [-0.4, -0.2) is 44.5 Å². The molecule has 0 aliphatic heterocycles. The number of unbranched alkanes of at least 4 members (excludes halogenated alkanes) is 6. The topological polar surface area (TPSA) is 66.1 Å². The molecule has 0 rings (SSSR count). The van der Waals surface area contributed by atoms with E-state index >= 15 is 0 Å². The summed E-state index contributed by atoms with van der Waals surface area (Å²) < 4.78 is 0. The van der Waals surface area contributed by atoms with Crippen molar-refractivity contribution in [3.05, 3.63) is 0 Å². The van der Waals surface area contributed by atoms with E-state index in [-0.39, 0.29) is 5.91 Å². The van der Waals surface area contributed by atoms with Gasteiger partial charge in [0.15, 0.2) is 0 Å². The van der Waals surface area contributed by atoms with E-state index < -0.39 is 0 Å². The van der Waals surface area contributed by atoms with Crippen LogP contribution in [0.5, 0.6) is 0 Å². The van der Waals surface area contributed by atoms with Gasteiger partial charge in [-0.05, 0) is 19.3 Å². The highest BCUT2D eigenvalue weighted by Crippen LogP contribution is 2.05. The summed E-state index contributed by atoms with van der Waals surface area (Å²) in [6, 6.07) is 0. The summed E-state index contributed by atoms with van der Waals surface area (Å²) >= 11 is 0. The zero-order valence-corrected chi connectivity index (χ0v) is 11.7. The predicted octanol–water partition coefficient (Wildman–Crippen LogP) is 0.438. The van der Waals surface area contributed by atoms with Crippen molar-refractivity contribution in [1.29, 1.82) is 0 Å². The van der Waals surface area contributed by atoms with Crippen molar-refractivity contribution in [3.63, 3.8) is 0 Å². The highest BCUT2D eigenvalue weighted by Gasteiger charge is 1.96. The number of hydrogen-bond donors (Lipinski definition) is 3. The van der Waals surface area contributed by atoms with E-state index in [0.717, 1.165) is 19.1 Å². The van der Waals surface area contributed by atoms with E-state index in [1.807, 2.05) is 0 Å². The lowest BCUT2D eigenvalue weighted by Crippen LogP contribution is -3.05. The van der Waals surface area contributed by atoms with E-state index in [1.165, 1.54) is 43.5 Å². The molecule has 0 aromatic heterocycles. The van der Waals surface area contributed by atoms with Crippen molar-refractivity contribution in [1.82, 2.24) is 5.32 Å². The molecular weight excluding hydrogens is 230 g/mol. The first-order valence-electron chi connectivity index (χ1n) is 6.91. The van der Waals surface area contributed by atoms with Gasteiger partial charge in [-0.1, -0.05) is 30.8 Å². The number of oxime groups is 1. The average molecular weight is 258 g/mol. The van der Waals surface area contributed by atoms with Crippen LogP contribution in [0.3, 0.4) is 0 Å². The van der Waals surface area contributed by atoms with Gasteiger partial charge in [0.05, 0.1) is 20.6 Å². The zero-order chi connectivity index (χ0) is 13.6. The molecule has 5 nitrogen and oxygen atoms in total. The normalized spacial score (nSPS) is 11.3. The number of nitrogens with one attached hydrogen (secondary N) is 2. The fourth-order valence-corrected chi connectivity index (χ4v) is 1.80. The number of carbonyl (C=O) groups excluding carboxylic acids is 1. The Morgan fingerprint density at radius 2 is 1.67 bits per heavy atom. The van der Waals surface area contributed by atoms with Crippen LogP contribution >= 0.6 is 0 Å². The Bertz CT molecular complexity index is 230. The molecular formula is C13H28N3O2+. The van der Waals surface area contributed by atoms with Gasteiger partial charge in [-0.15, -0.1) is 0 Å². The maximum absolute atomic E-state index is 10.9. The molecule has 3 N–H and O–H groups in total. The number of rotatable bonds is 11. The summed E-state index contributed by atoms with van der Waals surface area (Å²) in [6.45, 7) is 1.92. The molecule has 0 fully saturated rings. The van der Waals surface area contributed by atoms with Crippen LogP contribution in [0.25, 0.3) is 0 Å². The lowest BCUT2D eigenvalue weighted by atomic mass is 10.1. The standard InChI is InChI=1S/C13H27N3O2/c1-16(2)11-9-7-5-3-4-6-8-10-14-13(17)12-15-18/h12,18H,3-11H2,1-2H3,(H,14,17)/p+1/b15-12+. The van der Waals surface area contributed by atoms with Gasteiger partial charge in [0.25, 0.3) is 5.91 Å². The summed E-state index contributed by atoms with van der Waals surface area (Å²) in [5.41, 5.74) is 0. The van der Waals surface area contributed by atoms with Crippen molar-refractivity contribution in [2.45, 2.75) is 44.9 Å². The minimum Gasteiger partial charge on any atom is -0.411 e. The molecule has 0 aromatic carbocycles. The smallest absolute Gasteiger partial charge is 0.265 e. The molecule has 0 saturated carbocycles. The summed E-state index contributed by atoms with van der Waals surface area (Å²) in [4.78, 5) is 12.4. The van der Waals surface area contributed by atoms with E-state index in [1.54, 1.807) is 0 Å². The molecule has 0 spiro atoms. The van der Waals surface area contributed by atoms with Crippen LogP contribution in [0.4, 0.5) is 0 Å². The molecule has 0 bridgehead atoms. The van der Waals surface area contributed by atoms with Crippen LogP contribution in [0.15, 0.2) is 5.16 Å². The van der Waals surface area contributed by atoms with E-state index in [4.69, 9.17) is 5.21 Å². The van der Waals surface area contributed by atoms with Gasteiger partial charge < -0.3 is 15.4 Å². The quantitative estimate of drug-likeness (QED) is 0.218. The molecule has 0 aliphatic rings. The number of hydrogen-bond acceptors (Lipinski definition) is 3. The Labute approximate surface area is 110 Å². The van der Waals surface area contributed by atoms with Crippen molar-refractivity contribution in [2.75, 3.05) is 27.2 Å². The van der Waals surface area contributed by atoms with Crippen molar-refractivity contribution < 1.29 is 14.9 Å². The van der Waals surface area contributed by atoms with Gasteiger partial charge in [0.2, 0.25) is 0 Å². The van der Waals surface area contributed by atoms with Crippen LogP contribution < -0.4 is 10.2 Å². The third kappa shape index (κ3) is 13.0. The first-order valence-corrected chi connectivity index (χ1v) is 6.91. The maximum atomic E-state index is 10.9. The second-order valence-electron chi connectivity index (χ2n) is 4.97. The molecule has 0 atom stereocenters. The van der Waals surface area contributed by atoms with Crippen LogP contribution in [-0.2, 0) is 4.79 Å². The molecule has 0 radical (unpaired) electrons. The zero-order valence-electron chi connectivity index (χ0n) is 11.7. The molecule has 1 amide bonds. The molecule has 0 heterocycles. The highest BCUT2D eigenvalue weighted by atomic mass is 16.4. The van der Waals surface area contributed by atoms with Gasteiger partial charge in [-0.3, -0.25) is 4.79 Å². The number of nitrogens with zero attached hydrogens (tertiary/aromatic N) is 1. The Morgan fingerprint density at radius 3 is 2.22 bits per heavy atom. The lowest BCUT2D eigenvalue weighted by molar-refractivity contribution is -0.858. The Morgan fingerprint density at radius 1 is 1.11 bits per heavy atom. The summed E-state index contributed by atoms with van der Waals surface area (Å²) in [5, 5.41) is 13.4. The van der Waals surface area contributed by atoms with Crippen molar-refractivity contribution in [2.24, 2.45) is 5.16 Å². The van der Waals surface area contributed by atoms with E-state index in [9.17, 15) is 4.79 Å². The summed E-state index contributed by atoms with van der Waals surface area (Å²) in [7, 11) is 4.38. The van der Waals surface area contributed by atoms with E-state index in [0.29, 0.717) is 6.54 Å². The third-order valence-corrected chi connectivity index (χ3v) is 2.83. The second kappa shape index (κ2) is 12.4. The minimum atomic E-state index is -0.330. The molecule has 0 aromatic rings. The minimum absolute atomic E-state index is 0.330. The van der Waals surface area contributed by atoms with Crippen molar-refractivity contribution >= 4 is 12.1 Å². The van der Waals surface area contributed by atoms with Crippen LogP contribution in [0, 0.1) is 0 Å². The molecule has 0 aliphatic carbocycles. The van der Waals surface area contributed by atoms with Crippen molar-refractivity contribution in [3.8, 4) is 0 Å². The number of carbonyl (C=O) groups is 1. The second-order valence-corrected chi connectivity index (χ2v) is 4.97. The van der Waals surface area contributed by atoms with Crippen LogP contribution in [0.2, 0.25) is 0 Å². The Hall–Kier alpha value is -1.10. The van der Waals surface area contributed by atoms with Gasteiger partial charge in [-0.2, -0.15) is 0 Å². The van der Waals surface area contributed by atoms with E-state index in [2.05, 4.69) is 24.6 Å². The highest BCUT2D eigenvalue weighted by molar-refractivity contribution is 6.25. The molecule has 5 heteroatoms. The monoisotopic (exact) mass is 258 g/mol. The summed E-state index contributed by atoms with van der Waals surface area (Å²) in [5.74, 6) is -0.330. The lowest BCUT2D eigenvalue weighted by Gasteiger charge is -2.06. The Kier molecular flexibility index (Phi) is 11.6. The molecule has 106 valence electrons. The third-order valence-electron chi connectivity index (χ3n) is 2.83. The fraction of sp³-hybridized carbons (Fsp3) is 0.846. The van der Waals surface area contributed by atoms with Gasteiger partial charge in [0, 0.05) is 6.54 Å². The molecule has 0 saturated heterocycles. The Balaban J connectivity index is 3.10. The predicted molar refractivity (Wildman–Crippen MR) is 73.3 cm³/mol. The van der Waals surface area contributed by atoms with Gasteiger partial charge >= 0.3 is 0 Å². The number of quaternary nitrogens is 1. The van der Waals surface area contributed by atoms with Gasteiger partial charge in [-0.25, -0.2) is 0 Å². The molecule has 0 unspecified atom stereocenters. The number of amides is 1. The summed E-state index contributed by atoms with van der Waals surface area (Å²) in [6.07, 6.45) is 9.51. The SMILES string of the molecule is C[NH+](C)CCCCCCCCCNC(=O)/C=N/O. The largest absolute Gasteiger partial charge is 0.411 e. The average Bonchev–Trinajstić information content (AvgIpc) is 2.31. The molecule has 18 heavy (non-hydrogen) atoms. The van der Waals surface area contributed by atoms with Crippen LogP contribution in [0.1, 0.15) is 44.9 Å². The first-order chi connectivity index (χ1) is 8.66. The fourth-order valence-electron chi connectivity index (χ4n) is 1.80.